The van der Waals surface area contributed by atoms with Gasteiger partial charge in [-0.1, -0.05) is 59.0 Å². The van der Waals surface area contributed by atoms with Crippen LogP contribution < -0.4 is 75.5 Å². The summed E-state index contributed by atoms with van der Waals surface area (Å²) in [7, 11) is 0. The van der Waals surface area contributed by atoms with Gasteiger partial charge in [-0.2, -0.15) is 4.98 Å². The lowest BCUT2D eigenvalue weighted by molar-refractivity contribution is -0.220. The minimum absolute atomic E-state index is 0.00434. The number of fused-ring (bicyclic) bond motifs is 4. The molecule has 0 spiro atoms. The number of hydrogen-bond donors (Lipinski definition) is 8. The van der Waals surface area contributed by atoms with Crippen molar-refractivity contribution < 1.29 is 112 Å². The lowest BCUT2D eigenvalue weighted by Gasteiger charge is -2.36. The number of aromatic nitrogens is 20. The molecule has 0 saturated carbocycles. The first-order valence-electron chi connectivity index (χ1n) is 37.1. The van der Waals surface area contributed by atoms with Crippen molar-refractivity contribution in [1.29, 1.82) is 0 Å². The van der Waals surface area contributed by atoms with Crippen LogP contribution in [0.15, 0.2) is 80.7 Å². The van der Waals surface area contributed by atoms with Gasteiger partial charge >= 0.3 is 11.4 Å². The third-order valence-electron chi connectivity index (χ3n) is 20.6. The minimum Gasteiger partial charge on any atom is -0.780 e. The summed E-state index contributed by atoms with van der Waals surface area (Å²) in [5, 5.41) is 0. The highest BCUT2D eigenvalue weighted by Crippen LogP contribution is 2.56. The Hall–Kier alpha value is -6.53. The fourth-order valence-electron chi connectivity index (χ4n) is 14.7. The molecule has 10 aromatic heterocycles. The summed E-state index contributed by atoms with van der Waals surface area (Å²) in [5.74, 6) is -0.270. The molecule has 0 radical (unpaired) electrons. The smallest absolute Gasteiger partial charge is 0.330 e. The molecular formula is C60H70N24O29P6S6-6. The van der Waals surface area contributed by atoms with Gasteiger partial charge in [-0.05, 0) is 20.8 Å². The normalized spacial score (nSPS) is 29.6. The number of nitrogens with two attached hydrogens (primary N) is 4. The molecule has 6 unspecified atom stereocenters. The van der Waals surface area contributed by atoms with Crippen molar-refractivity contribution in [3.63, 3.8) is 0 Å². The maximum Gasteiger partial charge on any atom is 0.330 e. The molecule has 0 bridgehead atoms. The number of hydrogen-bond acceptors (Lipinski definition) is 49. The molecule has 125 heavy (non-hydrogen) atoms. The number of imidazole rings is 4. The molecule has 6 fully saturated rings. The predicted octanol–water partition coefficient (Wildman–Crippen LogP) is -2.60. The van der Waals surface area contributed by atoms with E-state index in [-0.39, 0.29) is 111 Å². The van der Waals surface area contributed by atoms with Crippen LogP contribution in [0.2, 0.25) is 0 Å². The number of H-pyrrole nitrogens is 3. The Bertz CT molecular complexity index is 6430. The predicted molar refractivity (Wildman–Crippen MR) is 438 cm³/mol. The summed E-state index contributed by atoms with van der Waals surface area (Å²) < 4.78 is 124. The Labute approximate surface area is 730 Å². The zero-order chi connectivity index (χ0) is 88.9. The van der Waals surface area contributed by atoms with E-state index in [2.05, 4.69) is 81.6 Å². The molecule has 6 saturated heterocycles. The second-order valence-electron chi connectivity index (χ2n) is 28.9. The van der Waals surface area contributed by atoms with Crippen molar-refractivity contribution in [2.45, 2.75) is 170 Å². The zero-order valence-corrected chi connectivity index (χ0v) is 74.6. The second-order valence-corrected chi connectivity index (χ2v) is 44.9. The Morgan fingerprint density at radius 3 is 1.08 bits per heavy atom. The van der Waals surface area contributed by atoms with Crippen LogP contribution in [0.4, 0.5) is 23.4 Å². The molecule has 0 aromatic carbocycles. The van der Waals surface area contributed by atoms with Crippen molar-refractivity contribution in [1.82, 2.24) is 97.2 Å². The number of anilines is 4. The maximum atomic E-state index is 14.9. The van der Waals surface area contributed by atoms with Gasteiger partial charge in [-0.15, -0.1) is 0 Å². The van der Waals surface area contributed by atoms with Crippen LogP contribution in [-0.4, -0.2) is 208 Å². The van der Waals surface area contributed by atoms with Crippen molar-refractivity contribution >= 4 is 180 Å². The summed E-state index contributed by atoms with van der Waals surface area (Å²) in [6, 6.07) is 0. The zero-order valence-electron chi connectivity index (χ0n) is 64.3. The van der Waals surface area contributed by atoms with E-state index < -0.39 is 219 Å². The van der Waals surface area contributed by atoms with Gasteiger partial charge in [0.2, 0.25) is 5.95 Å². The molecule has 65 heteroatoms. The third kappa shape index (κ3) is 20.6. The number of aryl methyl sites for hydroxylation is 2. The van der Waals surface area contributed by atoms with Gasteiger partial charge in [0, 0.05) is 62.0 Å². The Morgan fingerprint density at radius 1 is 0.424 bits per heavy atom. The lowest BCUT2D eigenvalue weighted by atomic mass is 10.2. The molecule has 0 aliphatic carbocycles. The fourth-order valence-corrected chi connectivity index (χ4v) is 22.9. The minimum atomic E-state index is -4.93. The van der Waals surface area contributed by atoms with E-state index in [0.717, 1.165) is 15.5 Å². The number of nitrogen functional groups attached to an aromatic ring is 4. The summed E-state index contributed by atoms with van der Waals surface area (Å²) >= 11 is 32.1. The standard InChI is InChI=1S/C60H76N24O29P6S6/c1-24-10-79(59(88)77-55(24)85)38-4-27(26(3)102-38)109-115(92,121)97-14-35-30(7-40(105-35)81-20-71-44-48(61)65-17-68-51(44)81)111-118(95,124)100-16-37-32(9-42(107-37)83-22-73-46-50(63)67-19-70-53(46)83)113-119(96,125)101-15-36-31(8-41(106-36)82-21-72-45-49(62)66-18-69-52(45)82)112-117(94,123)99-13-34-29(6-39(103-34)80-11-25(2)56(86)78-60(80)89)110-116(93,122)98-12-33-28(108-114(90,91)120)5-43(104-33)84-23-74-47-54(84)75-58(64)76-57(47)87/h10-11,17-23,26-43H,4-9,12-16H2,1-3H3,(H,92,121)(H,93,122)(H,94,123)(H,95,124)(H,96,125)(H2,61,65,68)(H2,62,66,69)(H2,63,67,70)(H,77,85,88)(H,78,86,89)(H2,90,91,120)(H3,64,75,76,87)/p-6/t26-,27-,28-,29-,30-,31-,32-,33-,34-,35-,36-,37-,38-,39-,40-,41-,42-,43-,115?,116?,117?,118?,119?/m1/s1. The topological polar surface area (TPSA) is 718 Å². The molecule has 6 aliphatic rings. The number of nitrogens with zero attached hydrogens (tertiary/aromatic N) is 17. The maximum absolute atomic E-state index is 14.9. The first-order valence-corrected chi connectivity index (χ1v) is 52.4. The lowest BCUT2D eigenvalue weighted by Crippen LogP contribution is -2.34. The van der Waals surface area contributed by atoms with E-state index >= 15 is 0 Å². The van der Waals surface area contributed by atoms with Crippen LogP contribution in [0.5, 0.6) is 0 Å². The highest BCUT2D eigenvalue weighted by Gasteiger charge is 2.48. The van der Waals surface area contributed by atoms with Gasteiger partial charge in [-0.3, -0.25) is 61.3 Å². The molecule has 16 rings (SSSR count). The average molecular weight is 1970 g/mol. The van der Waals surface area contributed by atoms with E-state index in [4.69, 9.17) is 161 Å². The molecule has 53 nitrogen and oxygen atoms in total. The van der Waals surface area contributed by atoms with E-state index in [0.29, 0.717) is 0 Å². The highest BCUT2D eigenvalue weighted by molar-refractivity contribution is 8.32. The van der Waals surface area contributed by atoms with Gasteiger partial charge in [0.15, 0.2) is 52.4 Å². The van der Waals surface area contributed by atoms with Crippen LogP contribution in [0.1, 0.15) is 93.9 Å². The summed E-state index contributed by atoms with van der Waals surface area (Å²) in [6.07, 6.45) is -13.3. The Morgan fingerprint density at radius 2 is 0.728 bits per heavy atom. The summed E-state index contributed by atoms with van der Waals surface area (Å²) in [4.78, 5) is 198. The van der Waals surface area contributed by atoms with Crippen molar-refractivity contribution in [3.8, 4) is 0 Å². The van der Waals surface area contributed by atoms with E-state index in [1.54, 1.807) is 6.92 Å². The van der Waals surface area contributed by atoms with Crippen LogP contribution in [0.25, 0.3) is 44.7 Å². The fraction of sp³-hybridized carbons (Fsp3) is 0.533. The molecule has 16 heterocycles. The Balaban J connectivity index is 0.612. The molecular weight excluding hydrogens is 1900 g/mol. The quantitative estimate of drug-likeness (QED) is 0.0154. The average Bonchev–Trinajstić information content (AvgIpc) is 1.64. The molecule has 24 atom stereocenters. The number of rotatable bonds is 33. The molecule has 6 aliphatic heterocycles. The third-order valence-corrected chi connectivity index (χ3v) is 29.2. The summed E-state index contributed by atoms with van der Waals surface area (Å²) in [6.45, 7) is -28.1. The van der Waals surface area contributed by atoms with Crippen LogP contribution in [0, 0.1) is 13.8 Å². The van der Waals surface area contributed by atoms with Crippen molar-refractivity contribution in [3.05, 3.63) is 120 Å². The summed E-state index contributed by atoms with van der Waals surface area (Å²) in [5.41, 5.74) is 21.6. The largest absolute Gasteiger partial charge is 0.780 e. The first kappa shape index (κ1) is 91.8. The van der Waals surface area contributed by atoms with Gasteiger partial charge < -0.3 is 143 Å². The van der Waals surface area contributed by atoms with Crippen molar-refractivity contribution in [2.24, 2.45) is 0 Å². The second kappa shape index (κ2) is 36.3. The first-order chi connectivity index (χ1) is 59.1. The van der Waals surface area contributed by atoms with Gasteiger partial charge in [-0.25, -0.2) is 59.4 Å². The molecule has 10 aromatic rings. The van der Waals surface area contributed by atoms with Gasteiger partial charge in [0.25, 0.3) is 16.7 Å². The van der Waals surface area contributed by atoms with Crippen molar-refractivity contribution in [2.75, 3.05) is 56.0 Å². The van der Waals surface area contributed by atoms with E-state index in [1.807, 2.05) is 0 Å². The SMILES string of the molecule is Cc1cn([C@H]2C[C@@H](OP(=O)([S-])OC[C@H]3O[C@@H](n4cnc5c(N)ncnc54)C[C@H]3OP([O-])(=S)OC[C@H]3O[C@@H](n4cnc5c(N)ncnc54)C[C@H]3OP([O-])(=S)OC[C@H]3O[C@@H](n4cnc5c(N)ncnc54)C[C@H]3OP([O-])(=S)OC[C@H]3O[C@@H](n4cc(C)c(=O)[nH]c4=O)C[C@H]3OP([O-])(=S)OC[C@H]3O[C@@H](n4cnc5c(=O)[nH]c(N)nc54)C[C@H]3OP([O-])(O)=S)[C@@H](C)O2)c(=O)[nH]c1=O. The Kier molecular flexibility index (Phi) is 26.7. The van der Waals surface area contributed by atoms with Gasteiger partial charge in [0.1, 0.15) is 137 Å². The van der Waals surface area contributed by atoms with E-state index in [1.165, 1.54) is 82.5 Å². The number of ether oxygens (including phenoxy) is 6. The molecule has 676 valence electrons. The molecule has 0 amide bonds. The highest BCUT2D eigenvalue weighted by atomic mass is 32.7. The van der Waals surface area contributed by atoms with E-state index in [9.17, 15) is 57.9 Å². The van der Waals surface area contributed by atoms with Gasteiger partial charge in [0.05, 0.1) is 101 Å². The van der Waals surface area contributed by atoms with Crippen LogP contribution in [0.3, 0.4) is 0 Å². The number of aromatic amines is 3. The van der Waals surface area contributed by atoms with Crippen LogP contribution >= 0.6 is 40.4 Å². The molecule has 12 N–H and O–H groups in total. The monoisotopic (exact) mass is 1970 g/mol. The number of nitrogens with one attached hydrogen (secondary N) is 3. The van der Waals surface area contributed by atoms with Crippen LogP contribution in [-0.2, 0) is 154 Å².